The predicted molar refractivity (Wildman–Crippen MR) is 75.0 cm³/mol. The Kier molecular flexibility index (Phi) is 3.59. The van der Waals surface area contributed by atoms with Gasteiger partial charge in [-0.05, 0) is 18.2 Å². The van der Waals surface area contributed by atoms with Crippen LogP contribution in [0.2, 0.25) is 5.02 Å². The van der Waals surface area contributed by atoms with E-state index in [4.69, 9.17) is 22.6 Å². The van der Waals surface area contributed by atoms with Crippen LogP contribution in [0.25, 0.3) is 0 Å². The van der Waals surface area contributed by atoms with Crippen molar-refractivity contribution < 1.29 is 4.39 Å². The number of para-hydroxylation sites is 1. The highest BCUT2D eigenvalue weighted by molar-refractivity contribution is 6.31. The van der Waals surface area contributed by atoms with Crippen molar-refractivity contribution in [1.29, 1.82) is 5.26 Å². The Morgan fingerprint density at radius 3 is 2.63 bits per heavy atom. The van der Waals surface area contributed by atoms with Crippen LogP contribution in [0.4, 0.5) is 21.5 Å². The fraction of sp³-hybridized carbons (Fsp3) is 0.0714. The second kappa shape index (κ2) is 5.17. The number of halogens is 2. The molecule has 0 radical (unpaired) electrons. The van der Waals surface area contributed by atoms with Crippen LogP contribution in [0.3, 0.4) is 0 Å². The summed E-state index contributed by atoms with van der Waals surface area (Å²) in [5, 5.41) is 9.08. The molecular formula is C14H11ClFN3. The summed E-state index contributed by atoms with van der Waals surface area (Å²) in [6, 6.07) is 11.8. The molecule has 0 aliphatic heterocycles. The van der Waals surface area contributed by atoms with Gasteiger partial charge in [0.1, 0.15) is 11.9 Å². The lowest BCUT2D eigenvalue weighted by molar-refractivity contribution is 0.629. The molecule has 2 aromatic rings. The van der Waals surface area contributed by atoms with Crippen molar-refractivity contribution in [2.45, 2.75) is 0 Å². The van der Waals surface area contributed by atoms with E-state index in [1.165, 1.54) is 12.1 Å². The standard InChI is InChI=1S/C14H11ClFN3/c1-19(13-5-3-2-4-9(13)8-17)14-6-10(15)11(16)7-12(14)18/h2-7H,18H2,1H3. The lowest BCUT2D eigenvalue weighted by Gasteiger charge is -2.22. The Hall–Kier alpha value is -2.25. The van der Waals surface area contributed by atoms with Crippen molar-refractivity contribution >= 4 is 28.7 Å². The lowest BCUT2D eigenvalue weighted by Crippen LogP contribution is -2.13. The van der Waals surface area contributed by atoms with Crippen LogP contribution in [-0.4, -0.2) is 7.05 Å². The fourth-order valence-electron chi connectivity index (χ4n) is 1.83. The molecule has 0 bridgehead atoms. The molecule has 19 heavy (non-hydrogen) atoms. The van der Waals surface area contributed by atoms with Gasteiger partial charge in [0.2, 0.25) is 0 Å². The molecule has 2 N–H and O–H groups in total. The molecule has 3 nitrogen and oxygen atoms in total. The van der Waals surface area contributed by atoms with Crippen molar-refractivity contribution in [2.24, 2.45) is 0 Å². The highest BCUT2D eigenvalue weighted by atomic mass is 35.5. The topological polar surface area (TPSA) is 53.0 Å². The van der Waals surface area contributed by atoms with Crippen molar-refractivity contribution in [3.8, 4) is 6.07 Å². The number of rotatable bonds is 2. The van der Waals surface area contributed by atoms with Gasteiger partial charge >= 0.3 is 0 Å². The number of anilines is 3. The van der Waals surface area contributed by atoms with Crippen LogP contribution >= 0.6 is 11.6 Å². The first-order chi connectivity index (χ1) is 9.04. The van der Waals surface area contributed by atoms with E-state index in [1.54, 1.807) is 30.1 Å². The molecule has 0 aliphatic rings. The molecule has 0 spiro atoms. The van der Waals surface area contributed by atoms with Crippen molar-refractivity contribution in [3.05, 3.63) is 52.8 Å². The van der Waals surface area contributed by atoms with E-state index in [0.29, 0.717) is 16.9 Å². The zero-order valence-corrected chi connectivity index (χ0v) is 10.9. The van der Waals surface area contributed by atoms with E-state index in [-0.39, 0.29) is 10.7 Å². The van der Waals surface area contributed by atoms with Crippen LogP contribution < -0.4 is 10.6 Å². The van der Waals surface area contributed by atoms with Gasteiger partial charge in [-0.3, -0.25) is 0 Å². The maximum Gasteiger partial charge on any atom is 0.143 e. The van der Waals surface area contributed by atoms with Gasteiger partial charge in [-0.15, -0.1) is 0 Å². The molecule has 0 saturated heterocycles. The monoisotopic (exact) mass is 275 g/mol. The molecule has 0 aliphatic carbocycles. The molecule has 0 unspecified atom stereocenters. The van der Waals surface area contributed by atoms with E-state index < -0.39 is 5.82 Å². The van der Waals surface area contributed by atoms with Gasteiger partial charge in [0.15, 0.2) is 0 Å². The Labute approximate surface area is 115 Å². The number of hydrogen-bond acceptors (Lipinski definition) is 3. The number of nitrogens with two attached hydrogens (primary N) is 1. The summed E-state index contributed by atoms with van der Waals surface area (Å²) in [4.78, 5) is 1.71. The van der Waals surface area contributed by atoms with Gasteiger partial charge in [-0.1, -0.05) is 23.7 Å². The van der Waals surface area contributed by atoms with E-state index >= 15 is 0 Å². The first-order valence-electron chi connectivity index (χ1n) is 5.52. The van der Waals surface area contributed by atoms with E-state index in [0.717, 1.165) is 0 Å². The quantitative estimate of drug-likeness (QED) is 0.850. The molecular weight excluding hydrogens is 265 g/mol. The fourth-order valence-corrected chi connectivity index (χ4v) is 1.99. The van der Waals surface area contributed by atoms with E-state index in [2.05, 4.69) is 6.07 Å². The molecule has 0 saturated carbocycles. The summed E-state index contributed by atoms with van der Waals surface area (Å²) in [5.74, 6) is -0.565. The van der Waals surface area contributed by atoms with Crippen LogP contribution in [0.15, 0.2) is 36.4 Å². The van der Waals surface area contributed by atoms with Gasteiger partial charge in [-0.2, -0.15) is 5.26 Å². The molecule has 5 heteroatoms. The van der Waals surface area contributed by atoms with Gasteiger partial charge < -0.3 is 10.6 Å². The second-order valence-electron chi connectivity index (χ2n) is 4.01. The summed E-state index contributed by atoms with van der Waals surface area (Å²) in [6.45, 7) is 0. The largest absolute Gasteiger partial charge is 0.397 e. The third-order valence-corrected chi connectivity index (χ3v) is 3.11. The summed E-state index contributed by atoms with van der Waals surface area (Å²) in [6.07, 6.45) is 0. The number of nitrogen functional groups attached to an aromatic ring is 1. The zero-order valence-electron chi connectivity index (χ0n) is 10.2. The minimum Gasteiger partial charge on any atom is -0.397 e. The summed E-state index contributed by atoms with van der Waals surface area (Å²) in [5.41, 5.74) is 7.79. The zero-order chi connectivity index (χ0) is 14.0. The third-order valence-electron chi connectivity index (χ3n) is 2.82. The SMILES string of the molecule is CN(c1cc(Cl)c(F)cc1N)c1ccccc1C#N. The minimum absolute atomic E-state index is 0.00881. The first kappa shape index (κ1) is 13.2. The van der Waals surface area contributed by atoms with Crippen LogP contribution in [-0.2, 0) is 0 Å². The van der Waals surface area contributed by atoms with Crippen molar-refractivity contribution in [2.75, 3.05) is 17.7 Å². The minimum atomic E-state index is -0.565. The van der Waals surface area contributed by atoms with Crippen LogP contribution in [0.1, 0.15) is 5.56 Å². The summed E-state index contributed by atoms with van der Waals surface area (Å²) in [7, 11) is 1.75. The number of benzene rings is 2. The predicted octanol–water partition coefficient (Wildman–Crippen LogP) is 3.70. The van der Waals surface area contributed by atoms with Crippen LogP contribution in [0, 0.1) is 17.1 Å². The second-order valence-corrected chi connectivity index (χ2v) is 4.42. The molecule has 96 valence electrons. The molecule has 0 aromatic heterocycles. The highest BCUT2D eigenvalue weighted by Gasteiger charge is 2.14. The maximum atomic E-state index is 13.3. The Balaban J connectivity index is 2.54. The molecule has 0 fully saturated rings. The summed E-state index contributed by atoms with van der Waals surface area (Å²) >= 11 is 5.77. The molecule has 0 amide bonds. The number of hydrogen-bond donors (Lipinski definition) is 1. The van der Waals surface area contributed by atoms with Crippen molar-refractivity contribution in [1.82, 2.24) is 0 Å². The molecule has 0 atom stereocenters. The summed E-state index contributed by atoms with van der Waals surface area (Å²) < 4.78 is 13.3. The Morgan fingerprint density at radius 1 is 1.26 bits per heavy atom. The van der Waals surface area contributed by atoms with Crippen LogP contribution in [0.5, 0.6) is 0 Å². The van der Waals surface area contributed by atoms with E-state index in [9.17, 15) is 4.39 Å². The van der Waals surface area contributed by atoms with Gasteiger partial charge in [-0.25, -0.2) is 4.39 Å². The normalized spacial score (nSPS) is 10.0. The Morgan fingerprint density at radius 2 is 1.95 bits per heavy atom. The van der Waals surface area contributed by atoms with Gasteiger partial charge in [0, 0.05) is 13.1 Å². The average Bonchev–Trinajstić information content (AvgIpc) is 2.42. The number of nitriles is 1. The Bertz CT molecular complexity index is 664. The molecule has 2 aromatic carbocycles. The van der Waals surface area contributed by atoms with Gasteiger partial charge in [0.25, 0.3) is 0 Å². The highest BCUT2D eigenvalue weighted by Crippen LogP contribution is 2.34. The molecule has 2 rings (SSSR count). The average molecular weight is 276 g/mol. The number of nitrogens with zero attached hydrogens (tertiary/aromatic N) is 2. The lowest BCUT2D eigenvalue weighted by atomic mass is 10.1. The van der Waals surface area contributed by atoms with E-state index in [1.807, 2.05) is 6.07 Å². The van der Waals surface area contributed by atoms with Gasteiger partial charge in [0.05, 0.1) is 27.6 Å². The molecule has 0 heterocycles. The smallest absolute Gasteiger partial charge is 0.143 e. The maximum absolute atomic E-state index is 13.3. The van der Waals surface area contributed by atoms with Crippen molar-refractivity contribution in [3.63, 3.8) is 0 Å². The first-order valence-corrected chi connectivity index (χ1v) is 5.89. The third kappa shape index (κ3) is 2.47.